The number of nitrogens with zero attached hydrogens (tertiary/aromatic N) is 1. The van der Waals surface area contributed by atoms with Crippen LogP contribution in [0.3, 0.4) is 0 Å². The Morgan fingerprint density at radius 2 is 1.96 bits per heavy atom. The lowest BCUT2D eigenvalue weighted by Crippen LogP contribution is -2.41. The van der Waals surface area contributed by atoms with Crippen molar-refractivity contribution < 1.29 is 14.6 Å². The second-order valence-electron chi connectivity index (χ2n) is 8.76. The molecule has 0 radical (unpaired) electrons. The zero-order valence-corrected chi connectivity index (χ0v) is 16.5. The van der Waals surface area contributed by atoms with E-state index < -0.39 is 0 Å². The fourth-order valence-corrected chi connectivity index (χ4v) is 4.89. The quantitative estimate of drug-likeness (QED) is 0.555. The first-order valence-corrected chi connectivity index (χ1v) is 10.0. The molecule has 1 unspecified atom stereocenters. The van der Waals surface area contributed by atoms with Gasteiger partial charge in [0.25, 0.3) is 0 Å². The molecule has 3 aliphatic rings. The Hall–Kier alpha value is -1.20. The number of ether oxygens (including phenoxy) is 2. The summed E-state index contributed by atoms with van der Waals surface area (Å²) in [5.74, 6) is 1.82. The van der Waals surface area contributed by atoms with Crippen LogP contribution in [0.1, 0.15) is 58.8 Å². The third-order valence-corrected chi connectivity index (χ3v) is 6.92. The van der Waals surface area contributed by atoms with E-state index in [9.17, 15) is 5.11 Å². The molecule has 26 heavy (non-hydrogen) atoms. The highest BCUT2D eigenvalue weighted by molar-refractivity contribution is 6.03. The number of aliphatic hydroxyl groups is 1. The van der Waals surface area contributed by atoms with Crippen LogP contribution in [0.2, 0.25) is 0 Å². The summed E-state index contributed by atoms with van der Waals surface area (Å²) in [6, 6.07) is 0. The minimum absolute atomic E-state index is 0.0377. The van der Waals surface area contributed by atoms with Gasteiger partial charge in [-0.25, -0.2) is 4.99 Å². The number of hydrogen-bond acceptors (Lipinski definition) is 5. The Kier molecular flexibility index (Phi) is 5.88. The summed E-state index contributed by atoms with van der Waals surface area (Å²) in [4.78, 5) is 4.78. The molecule has 1 atom stereocenters. The van der Waals surface area contributed by atoms with Crippen LogP contribution in [0.4, 0.5) is 0 Å². The minimum Gasteiger partial charge on any atom is -0.484 e. The van der Waals surface area contributed by atoms with Gasteiger partial charge >= 0.3 is 0 Å². The van der Waals surface area contributed by atoms with E-state index >= 15 is 0 Å². The highest BCUT2D eigenvalue weighted by atomic mass is 16.5. The van der Waals surface area contributed by atoms with Crippen molar-refractivity contribution in [1.82, 2.24) is 0 Å². The Labute approximate surface area is 157 Å². The first kappa shape index (κ1) is 19.6. The Bertz CT molecular complexity index is 582. The first-order valence-electron chi connectivity index (χ1n) is 10.0. The zero-order valence-electron chi connectivity index (χ0n) is 16.5. The van der Waals surface area contributed by atoms with Gasteiger partial charge in [-0.2, -0.15) is 0 Å². The zero-order chi connectivity index (χ0) is 18.8. The summed E-state index contributed by atoms with van der Waals surface area (Å²) >= 11 is 0. The second kappa shape index (κ2) is 7.81. The molecule has 1 saturated carbocycles. The molecule has 2 aliphatic carbocycles. The molecule has 0 spiro atoms. The Balaban J connectivity index is 1.69. The van der Waals surface area contributed by atoms with Gasteiger partial charge in [0.05, 0.1) is 20.1 Å². The molecule has 2 N–H and O–H groups in total. The Morgan fingerprint density at radius 3 is 2.50 bits per heavy atom. The van der Waals surface area contributed by atoms with Crippen molar-refractivity contribution in [2.45, 2.75) is 58.8 Å². The summed E-state index contributed by atoms with van der Waals surface area (Å²) in [7, 11) is 1.63. The van der Waals surface area contributed by atoms with E-state index in [2.05, 4.69) is 19.9 Å². The smallest absolute Gasteiger partial charge is 0.193 e. The average molecular weight is 363 g/mol. The van der Waals surface area contributed by atoms with Gasteiger partial charge in [0.1, 0.15) is 0 Å². The van der Waals surface area contributed by atoms with E-state index in [1.165, 1.54) is 0 Å². The van der Waals surface area contributed by atoms with Crippen molar-refractivity contribution in [3.05, 3.63) is 11.8 Å². The van der Waals surface area contributed by atoms with Crippen LogP contribution in [0.5, 0.6) is 0 Å². The third kappa shape index (κ3) is 3.61. The number of nitrogens with one attached hydrogen (secondary N) is 1. The third-order valence-electron chi connectivity index (χ3n) is 6.92. The summed E-state index contributed by atoms with van der Waals surface area (Å²) in [5.41, 5.74) is 1.32. The van der Waals surface area contributed by atoms with Gasteiger partial charge in [0.2, 0.25) is 0 Å². The molecule has 0 aromatic carbocycles. The van der Waals surface area contributed by atoms with E-state index in [0.29, 0.717) is 29.9 Å². The predicted octanol–water partition coefficient (Wildman–Crippen LogP) is 3.96. The van der Waals surface area contributed by atoms with E-state index in [1.807, 2.05) is 0 Å². The van der Waals surface area contributed by atoms with Crippen molar-refractivity contribution in [1.29, 1.82) is 5.41 Å². The summed E-state index contributed by atoms with van der Waals surface area (Å²) in [5, 5.41) is 18.4. The van der Waals surface area contributed by atoms with Crippen molar-refractivity contribution in [3.63, 3.8) is 0 Å². The SMILES string of the molecule is COC(CC(=N)C1(CO)CCCC1)=NC1=CC(C2CCOCC2)C1(C)C. The van der Waals surface area contributed by atoms with Gasteiger partial charge in [-0.3, -0.25) is 0 Å². The largest absolute Gasteiger partial charge is 0.484 e. The van der Waals surface area contributed by atoms with Crippen molar-refractivity contribution >= 4 is 11.6 Å². The van der Waals surface area contributed by atoms with Crippen molar-refractivity contribution in [2.75, 3.05) is 26.9 Å². The monoisotopic (exact) mass is 362 g/mol. The number of methoxy groups -OCH3 is 1. The maximum atomic E-state index is 9.83. The molecule has 2 fully saturated rings. The molecule has 0 aromatic rings. The number of hydrogen-bond donors (Lipinski definition) is 2. The van der Waals surface area contributed by atoms with E-state index in [0.717, 1.165) is 57.4 Å². The van der Waals surface area contributed by atoms with Gasteiger partial charge in [0, 0.05) is 35.5 Å². The lowest BCUT2D eigenvalue weighted by Gasteiger charge is -2.47. The highest BCUT2D eigenvalue weighted by Crippen LogP contribution is 2.52. The molecule has 0 amide bonds. The summed E-state index contributed by atoms with van der Waals surface area (Å²) < 4.78 is 11.0. The van der Waals surface area contributed by atoms with Gasteiger partial charge in [0.15, 0.2) is 5.90 Å². The molecule has 3 rings (SSSR count). The number of aliphatic imine (C=N–C) groups is 1. The molecule has 5 heteroatoms. The molecule has 0 aromatic heterocycles. The fourth-order valence-electron chi connectivity index (χ4n) is 4.89. The molecular formula is C21H34N2O3. The standard InChI is InChI=1S/C21H34N2O3/c1-20(2)16(15-6-10-26-11-7-15)12-18(20)23-19(25-3)13-17(22)21(14-24)8-4-5-9-21/h12,15-16,22,24H,4-11,13-14H2,1-3H3. The fraction of sp³-hybridized carbons (Fsp3) is 0.810. The summed E-state index contributed by atoms with van der Waals surface area (Å²) in [6.45, 7) is 6.32. The topological polar surface area (TPSA) is 74.9 Å². The molecular weight excluding hydrogens is 328 g/mol. The van der Waals surface area contributed by atoms with Gasteiger partial charge in [-0.1, -0.05) is 32.8 Å². The predicted molar refractivity (Wildman–Crippen MR) is 104 cm³/mol. The first-order chi connectivity index (χ1) is 12.4. The lowest BCUT2D eigenvalue weighted by atomic mass is 9.60. The minimum atomic E-state index is -0.354. The van der Waals surface area contributed by atoms with Crippen LogP contribution in [-0.2, 0) is 9.47 Å². The molecule has 146 valence electrons. The second-order valence-corrected chi connectivity index (χ2v) is 8.76. The molecule has 1 heterocycles. The average Bonchev–Trinajstić information content (AvgIpc) is 3.14. The van der Waals surface area contributed by atoms with Crippen molar-refractivity contribution in [3.8, 4) is 0 Å². The van der Waals surface area contributed by atoms with E-state index in [1.54, 1.807) is 7.11 Å². The number of aliphatic hydroxyl groups excluding tert-OH is 1. The van der Waals surface area contributed by atoms with Crippen LogP contribution in [0.25, 0.3) is 0 Å². The van der Waals surface area contributed by atoms with Gasteiger partial charge in [-0.15, -0.1) is 0 Å². The van der Waals surface area contributed by atoms with Crippen LogP contribution in [0.15, 0.2) is 16.8 Å². The number of rotatable bonds is 6. The van der Waals surface area contributed by atoms with E-state index in [4.69, 9.17) is 19.9 Å². The van der Waals surface area contributed by atoms with Crippen LogP contribution < -0.4 is 0 Å². The van der Waals surface area contributed by atoms with E-state index in [-0.39, 0.29) is 17.4 Å². The maximum Gasteiger partial charge on any atom is 0.193 e. The van der Waals surface area contributed by atoms with Crippen LogP contribution >= 0.6 is 0 Å². The highest BCUT2D eigenvalue weighted by Gasteiger charge is 2.45. The molecule has 0 bridgehead atoms. The molecule has 5 nitrogen and oxygen atoms in total. The maximum absolute atomic E-state index is 9.83. The van der Waals surface area contributed by atoms with Gasteiger partial charge in [-0.05, 0) is 37.5 Å². The Morgan fingerprint density at radius 1 is 1.31 bits per heavy atom. The lowest BCUT2D eigenvalue weighted by molar-refractivity contribution is 0.0285. The molecule has 1 aliphatic heterocycles. The van der Waals surface area contributed by atoms with Crippen LogP contribution in [0, 0.1) is 28.1 Å². The van der Waals surface area contributed by atoms with Gasteiger partial charge < -0.3 is 20.0 Å². The number of allylic oxidation sites excluding steroid dienone is 2. The summed E-state index contributed by atoms with van der Waals surface area (Å²) in [6.07, 6.45) is 8.92. The normalized spacial score (nSPS) is 28.4. The van der Waals surface area contributed by atoms with Crippen molar-refractivity contribution in [2.24, 2.45) is 27.7 Å². The molecule has 1 saturated heterocycles. The van der Waals surface area contributed by atoms with Crippen LogP contribution in [-0.4, -0.2) is 43.6 Å².